The van der Waals surface area contributed by atoms with Gasteiger partial charge in [0.2, 0.25) is 10.0 Å². The first-order chi connectivity index (χ1) is 8.15. The number of carbonyl (C=O) groups is 1. The van der Waals surface area contributed by atoms with Crippen LogP contribution in [-0.2, 0) is 14.8 Å². The number of carboxylic acid groups (broad SMARTS) is 1. The lowest BCUT2D eigenvalue weighted by Crippen LogP contribution is -2.11. The molecule has 0 heterocycles. The van der Waals surface area contributed by atoms with E-state index in [0.29, 0.717) is 0 Å². The summed E-state index contributed by atoms with van der Waals surface area (Å²) in [6.07, 6.45) is 0. The second-order valence-corrected chi connectivity index (χ2v) is 6.79. The van der Waals surface area contributed by atoms with E-state index in [-0.39, 0.29) is 16.2 Å². The third-order valence-corrected chi connectivity index (χ3v) is 4.59. The SMILES string of the molecule is CC1(C)[C@@H](C(=O)O)[C@@H]1c1ccc(S(N)(=O)=O)cc1. The van der Waals surface area contributed by atoms with E-state index in [2.05, 4.69) is 0 Å². The van der Waals surface area contributed by atoms with Crippen LogP contribution in [0.5, 0.6) is 0 Å². The van der Waals surface area contributed by atoms with Crippen LogP contribution in [0.15, 0.2) is 29.2 Å². The summed E-state index contributed by atoms with van der Waals surface area (Å²) in [5.41, 5.74) is 0.536. The van der Waals surface area contributed by atoms with Crippen molar-refractivity contribution in [1.82, 2.24) is 0 Å². The van der Waals surface area contributed by atoms with Gasteiger partial charge in [0.05, 0.1) is 10.8 Å². The van der Waals surface area contributed by atoms with Crippen molar-refractivity contribution in [2.24, 2.45) is 16.5 Å². The molecule has 1 aliphatic carbocycles. The molecule has 0 aromatic heterocycles. The Balaban J connectivity index is 2.30. The number of nitrogens with two attached hydrogens (primary N) is 1. The zero-order valence-electron chi connectivity index (χ0n) is 10.1. The van der Waals surface area contributed by atoms with Crippen LogP contribution in [0.25, 0.3) is 0 Å². The van der Waals surface area contributed by atoms with Crippen LogP contribution in [0, 0.1) is 11.3 Å². The van der Waals surface area contributed by atoms with Gasteiger partial charge >= 0.3 is 5.97 Å². The summed E-state index contributed by atoms with van der Waals surface area (Å²) in [6.45, 7) is 3.79. The molecule has 1 aliphatic rings. The van der Waals surface area contributed by atoms with Gasteiger partial charge in [-0.15, -0.1) is 0 Å². The molecule has 6 heteroatoms. The third-order valence-electron chi connectivity index (χ3n) is 3.66. The molecule has 0 aliphatic heterocycles. The number of sulfonamides is 1. The third kappa shape index (κ3) is 2.02. The first-order valence-electron chi connectivity index (χ1n) is 5.51. The Morgan fingerprint density at radius 1 is 1.28 bits per heavy atom. The lowest BCUT2D eigenvalue weighted by Gasteiger charge is -2.04. The lowest BCUT2D eigenvalue weighted by atomic mass is 10.0. The molecule has 0 radical (unpaired) electrons. The Hall–Kier alpha value is -1.40. The average molecular weight is 269 g/mol. The molecule has 98 valence electrons. The van der Waals surface area contributed by atoms with Crippen LogP contribution in [0.3, 0.4) is 0 Å². The van der Waals surface area contributed by atoms with Gasteiger partial charge < -0.3 is 5.11 Å². The second-order valence-electron chi connectivity index (χ2n) is 5.23. The van der Waals surface area contributed by atoms with Crippen LogP contribution >= 0.6 is 0 Å². The zero-order chi connectivity index (χ0) is 13.7. The normalized spacial score (nSPS) is 25.7. The maximum absolute atomic E-state index is 11.1. The first-order valence-corrected chi connectivity index (χ1v) is 7.06. The van der Waals surface area contributed by atoms with Crippen LogP contribution in [-0.4, -0.2) is 19.5 Å². The zero-order valence-corrected chi connectivity index (χ0v) is 10.9. The van der Waals surface area contributed by atoms with Gasteiger partial charge in [0.25, 0.3) is 0 Å². The topological polar surface area (TPSA) is 97.5 Å². The van der Waals surface area contributed by atoms with E-state index in [4.69, 9.17) is 10.2 Å². The van der Waals surface area contributed by atoms with E-state index < -0.39 is 21.9 Å². The summed E-state index contributed by atoms with van der Waals surface area (Å²) >= 11 is 0. The van der Waals surface area contributed by atoms with Gasteiger partial charge in [-0.2, -0.15) is 0 Å². The summed E-state index contributed by atoms with van der Waals surface area (Å²) < 4.78 is 22.2. The van der Waals surface area contributed by atoms with E-state index in [0.717, 1.165) is 5.56 Å². The highest BCUT2D eigenvalue weighted by Gasteiger charge is 2.62. The molecule has 3 N–H and O–H groups in total. The van der Waals surface area contributed by atoms with Gasteiger partial charge in [-0.05, 0) is 23.1 Å². The highest BCUT2D eigenvalue weighted by atomic mass is 32.2. The molecule has 2 atom stereocenters. The quantitative estimate of drug-likeness (QED) is 0.860. The monoisotopic (exact) mass is 269 g/mol. The first kappa shape index (κ1) is 13.0. The second kappa shape index (κ2) is 3.80. The van der Waals surface area contributed by atoms with E-state index in [1.54, 1.807) is 12.1 Å². The molecule has 2 rings (SSSR count). The molecule has 1 saturated carbocycles. The summed E-state index contributed by atoms with van der Waals surface area (Å²) in [5, 5.41) is 14.1. The van der Waals surface area contributed by atoms with Crippen LogP contribution in [0.1, 0.15) is 25.3 Å². The van der Waals surface area contributed by atoms with Crippen LogP contribution < -0.4 is 5.14 Å². The smallest absolute Gasteiger partial charge is 0.307 e. The average Bonchev–Trinajstić information content (AvgIpc) is 2.80. The van der Waals surface area contributed by atoms with Crippen LogP contribution in [0.2, 0.25) is 0 Å². The van der Waals surface area contributed by atoms with Gasteiger partial charge in [0.1, 0.15) is 0 Å². The highest BCUT2D eigenvalue weighted by Crippen LogP contribution is 2.64. The largest absolute Gasteiger partial charge is 0.481 e. The number of aliphatic carboxylic acids is 1. The van der Waals surface area contributed by atoms with Gasteiger partial charge in [-0.1, -0.05) is 26.0 Å². The Kier molecular flexibility index (Phi) is 2.75. The molecule has 5 nitrogen and oxygen atoms in total. The summed E-state index contributed by atoms with van der Waals surface area (Å²) in [4.78, 5) is 11.1. The van der Waals surface area contributed by atoms with Crippen LogP contribution in [0.4, 0.5) is 0 Å². The lowest BCUT2D eigenvalue weighted by molar-refractivity contribution is -0.139. The van der Waals surface area contributed by atoms with E-state index in [9.17, 15) is 13.2 Å². The van der Waals surface area contributed by atoms with Gasteiger partial charge in [-0.3, -0.25) is 4.79 Å². The van der Waals surface area contributed by atoms with Crippen molar-refractivity contribution >= 4 is 16.0 Å². The number of hydrogen-bond acceptors (Lipinski definition) is 3. The molecule has 0 saturated heterocycles. The van der Waals surface area contributed by atoms with Crippen molar-refractivity contribution in [3.8, 4) is 0 Å². The summed E-state index contributed by atoms with van der Waals surface area (Å²) in [6, 6.07) is 6.10. The molecule has 0 spiro atoms. The number of rotatable bonds is 3. The Morgan fingerprint density at radius 2 is 1.78 bits per heavy atom. The Morgan fingerprint density at radius 3 is 2.11 bits per heavy atom. The Labute approximate surface area is 106 Å². The molecule has 18 heavy (non-hydrogen) atoms. The van der Waals surface area contributed by atoms with Crippen molar-refractivity contribution in [1.29, 1.82) is 0 Å². The number of carboxylic acids is 1. The van der Waals surface area contributed by atoms with E-state index in [1.807, 2.05) is 13.8 Å². The van der Waals surface area contributed by atoms with Crippen molar-refractivity contribution in [3.05, 3.63) is 29.8 Å². The number of hydrogen-bond donors (Lipinski definition) is 2. The van der Waals surface area contributed by atoms with E-state index in [1.165, 1.54) is 12.1 Å². The Bertz CT molecular complexity index is 589. The van der Waals surface area contributed by atoms with Crippen molar-refractivity contribution in [3.63, 3.8) is 0 Å². The fourth-order valence-corrected chi connectivity index (χ4v) is 3.10. The van der Waals surface area contributed by atoms with Crippen molar-refractivity contribution in [2.45, 2.75) is 24.7 Å². The summed E-state index contributed by atoms with van der Waals surface area (Å²) in [7, 11) is -3.70. The van der Waals surface area contributed by atoms with Crippen molar-refractivity contribution in [2.75, 3.05) is 0 Å². The standard InChI is InChI=1S/C12H15NO4S/c1-12(2)9(10(12)11(14)15)7-3-5-8(6-4-7)18(13,16)17/h3-6,9-10H,1-2H3,(H,14,15)(H2,13,16,17)/t9-,10+/m0/s1. The fourth-order valence-electron chi connectivity index (χ4n) is 2.59. The molecule has 1 aromatic rings. The molecule has 0 amide bonds. The maximum Gasteiger partial charge on any atom is 0.307 e. The maximum atomic E-state index is 11.1. The molecular formula is C12H15NO4S. The minimum atomic E-state index is -3.70. The van der Waals surface area contributed by atoms with Gasteiger partial charge in [-0.25, -0.2) is 13.6 Å². The predicted octanol–water partition coefficient (Wildman–Crippen LogP) is 1.16. The minimum absolute atomic E-state index is 0.0385. The van der Waals surface area contributed by atoms with Crippen molar-refractivity contribution < 1.29 is 18.3 Å². The van der Waals surface area contributed by atoms with Gasteiger partial charge in [0.15, 0.2) is 0 Å². The summed E-state index contributed by atoms with van der Waals surface area (Å²) in [5.74, 6) is -1.32. The molecule has 1 fully saturated rings. The fraction of sp³-hybridized carbons (Fsp3) is 0.417. The molecule has 0 bridgehead atoms. The highest BCUT2D eigenvalue weighted by molar-refractivity contribution is 7.89. The van der Waals surface area contributed by atoms with E-state index >= 15 is 0 Å². The molecule has 1 aromatic carbocycles. The number of primary sulfonamides is 1. The molecular weight excluding hydrogens is 254 g/mol. The molecule has 0 unspecified atom stereocenters. The van der Waals surface area contributed by atoms with Gasteiger partial charge in [0, 0.05) is 5.92 Å². The minimum Gasteiger partial charge on any atom is -0.481 e. The predicted molar refractivity (Wildman–Crippen MR) is 65.5 cm³/mol. The number of benzene rings is 1.